The van der Waals surface area contributed by atoms with Gasteiger partial charge in [-0.05, 0) is 52.2 Å². The molecule has 0 atom stereocenters. The minimum atomic E-state index is -0.492. The topological polar surface area (TPSA) is 69.4 Å². The maximum absolute atomic E-state index is 11.7. The van der Waals surface area contributed by atoms with Crippen molar-refractivity contribution in [2.45, 2.75) is 46.5 Å². The zero-order valence-corrected chi connectivity index (χ0v) is 13.9. The molecule has 0 spiro atoms. The maximum Gasteiger partial charge on any atom is 0.311 e. The van der Waals surface area contributed by atoms with Crippen LogP contribution in [-0.2, 0) is 4.79 Å². The van der Waals surface area contributed by atoms with E-state index in [1.807, 2.05) is 0 Å². The summed E-state index contributed by atoms with van der Waals surface area (Å²) in [6.07, 6.45) is 7.17. The van der Waals surface area contributed by atoms with Crippen LogP contribution in [0.2, 0.25) is 0 Å². The van der Waals surface area contributed by atoms with Gasteiger partial charge >= 0.3 is 5.97 Å². The van der Waals surface area contributed by atoms with E-state index in [-0.39, 0.29) is 18.1 Å². The summed E-state index contributed by atoms with van der Waals surface area (Å²) in [5.41, 5.74) is 2.54. The first-order chi connectivity index (χ1) is 10.9. The van der Waals surface area contributed by atoms with Gasteiger partial charge in [0.05, 0.1) is 4.92 Å². The van der Waals surface area contributed by atoms with Crippen molar-refractivity contribution >= 4 is 11.7 Å². The van der Waals surface area contributed by atoms with Crippen molar-refractivity contribution in [2.24, 2.45) is 0 Å². The van der Waals surface area contributed by atoms with Gasteiger partial charge in [0.25, 0.3) is 5.69 Å². The van der Waals surface area contributed by atoms with E-state index in [0.717, 1.165) is 12.8 Å². The van der Waals surface area contributed by atoms with Crippen LogP contribution < -0.4 is 4.74 Å². The van der Waals surface area contributed by atoms with Crippen LogP contribution in [0.15, 0.2) is 47.6 Å². The standard InChI is InChI=1S/C18H23NO4/c1-14(2)6-4-7-15(3)8-5-9-18(20)23-17-12-10-16(11-13-17)19(21)22/h6,8,10-13H,4-5,7,9H2,1-3H3/b15-8+. The molecule has 0 bridgehead atoms. The molecule has 0 fully saturated rings. The van der Waals surface area contributed by atoms with E-state index in [4.69, 9.17) is 4.74 Å². The van der Waals surface area contributed by atoms with Crippen LogP contribution in [0.1, 0.15) is 46.5 Å². The van der Waals surface area contributed by atoms with Crippen LogP contribution in [0.4, 0.5) is 5.69 Å². The minimum Gasteiger partial charge on any atom is -0.427 e. The van der Waals surface area contributed by atoms with Crippen molar-refractivity contribution in [3.05, 3.63) is 57.7 Å². The molecule has 1 rings (SSSR count). The first-order valence-electron chi connectivity index (χ1n) is 7.62. The number of allylic oxidation sites excluding steroid dienone is 4. The first-order valence-corrected chi connectivity index (χ1v) is 7.62. The summed E-state index contributed by atoms with van der Waals surface area (Å²) < 4.78 is 5.14. The lowest BCUT2D eigenvalue weighted by Gasteiger charge is -2.03. The third-order valence-corrected chi connectivity index (χ3v) is 3.21. The fourth-order valence-corrected chi connectivity index (χ4v) is 1.95. The number of rotatable bonds is 8. The highest BCUT2D eigenvalue weighted by Crippen LogP contribution is 2.18. The summed E-state index contributed by atoms with van der Waals surface area (Å²) in [6, 6.07) is 5.48. The number of hydrogen-bond donors (Lipinski definition) is 0. The highest BCUT2D eigenvalue weighted by atomic mass is 16.6. The van der Waals surface area contributed by atoms with Crippen molar-refractivity contribution in [3.8, 4) is 5.75 Å². The molecule has 0 radical (unpaired) electrons. The van der Waals surface area contributed by atoms with Gasteiger partial charge in [-0.2, -0.15) is 0 Å². The van der Waals surface area contributed by atoms with Crippen LogP contribution in [0.25, 0.3) is 0 Å². The molecule has 0 amide bonds. The van der Waals surface area contributed by atoms with Gasteiger partial charge in [0.2, 0.25) is 0 Å². The van der Waals surface area contributed by atoms with E-state index in [0.29, 0.717) is 12.2 Å². The lowest BCUT2D eigenvalue weighted by molar-refractivity contribution is -0.384. The van der Waals surface area contributed by atoms with Gasteiger partial charge < -0.3 is 4.74 Å². The third kappa shape index (κ3) is 7.95. The number of non-ortho nitro benzene ring substituents is 1. The molecule has 0 aliphatic rings. The van der Waals surface area contributed by atoms with Gasteiger partial charge in [-0.1, -0.05) is 23.3 Å². The molecule has 1 aromatic carbocycles. The largest absolute Gasteiger partial charge is 0.427 e. The van der Waals surface area contributed by atoms with Crippen molar-refractivity contribution in [1.82, 2.24) is 0 Å². The van der Waals surface area contributed by atoms with Crippen molar-refractivity contribution in [2.75, 3.05) is 0 Å². The normalized spacial score (nSPS) is 11.0. The highest BCUT2D eigenvalue weighted by molar-refractivity contribution is 5.72. The molecule has 0 heterocycles. The summed E-state index contributed by atoms with van der Waals surface area (Å²) in [5, 5.41) is 10.5. The quantitative estimate of drug-likeness (QED) is 0.223. The van der Waals surface area contributed by atoms with E-state index >= 15 is 0 Å². The molecule has 124 valence electrons. The number of nitrogens with zero attached hydrogens (tertiary/aromatic N) is 1. The zero-order chi connectivity index (χ0) is 17.2. The van der Waals surface area contributed by atoms with E-state index < -0.39 is 4.92 Å². The Morgan fingerprint density at radius 1 is 1.09 bits per heavy atom. The number of esters is 1. The fourth-order valence-electron chi connectivity index (χ4n) is 1.95. The van der Waals surface area contributed by atoms with Crippen LogP contribution in [0.3, 0.4) is 0 Å². The van der Waals surface area contributed by atoms with Gasteiger partial charge in [0.15, 0.2) is 0 Å². The van der Waals surface area contributed by atoms with Crippen molar-refractivity contribution in [3.63, 3.8) is 0 Å². The van der Waals surface area contributed by atoms with Crippen LogP contribution in [0.5, 0.6) is 5.75 Å². The van der Waals surface area contributed by atoms with Gasteiger partial charge in [-0.3, -0.25) is 14.9 Å². The third-order valence-electron chi connectivity index (χ3n) is 3.21. The monoisotopic (exact) mass is 317 g/mol. The summed E-state index contributed by atoms with van der Waals surface area (Å²) >= 11 is 0. The summed E-state index contributed by atoms with van der Waals surface area (Å²) in [5.74, 6) is -0.0166. The van der Waals surface area contributed by atoms with Crippen molar-refractivity contribution in [1.29, 1.82) is 0 Å². The summed E-state index contributed by atoms with van der Waals surface area (Å²) in [7, 11) is 0. The van der Waals surface area contributed by atoms with Crippen LogP contribution >= 0.6 is 0 Å². The highest BCUT2D eigenvalue weighted by Gasteiger charge is 2.07. The molecule has 23 heavy (non-hydrogen) atoms. The fraction of sp³-hybridized carbons (Fsp3) is 0.389. The second kappa shape index (κ2) is 9.56. The van der Waals surface area contributed by atoms with Crippen LogP contribution in [0, 0.1) is 10.1 Å². The van der Waals surface area contributed by atoms with E-state index in [1.165, 1.54) is 35.4 Å². The van der Waals surface area contributed by atoms with Gasteiger partial charge in [0, 0.05) is 18.6 Å². The van der Waals surface area contributed by atoms with E-state index in [9.17, 15) is 14.9 Å². The van der Waals surface area contributed by atoms with Crippen LogP contribution in [-0.4, -0.2) is 10.9 Å². The van der Waals surface area contributed by atoms with Crippen molar-refractivity contribution < 1.29 is 14.5 Å². The molecule has 5 heteroatoms. The average molecular weight is 317 g/mol. The SMILES string of the molecule is CC(C)=CCC/C(C)=C/CCC(=O)Oc1ccc([N+](=O)[O-])cc1. The lowest BCUT2D eigenvalue weighted by Crippen LogP contribution is -2.07. The number of nitro benzene ring substituents is 1. The maximum atomic E-state index is 11.7. The number of benzene rings is 1. The molecule has 0 aromatic heterocycles. The average Bonchev–Trinajstić information content (AvgIpc) is 2.47. The molecule has 5 nitrogen and oxygen atoms in total. The summed E-state index contributed by atoms with van der Waals surface area (Å²) in [6.45, 7) is 6.21. The predicted molar refractivity (Wildman–Crippen MR) is 90.4 cm³/mol. The molecular weight excluding hydrogens is 294 g/mol. The first kappa shape index (κ1) is 18.6. The Labute approximate surface area is 136 Å². The molecular formula is C18H23NO4. The molecule has 0 aliphatic heterocycles. The Balaban J connectivity index is 2.36. The second-order valence-electron chi connectivity index (χ2n) is 5.63. The Bertz CT molecular complexity index is 596. The number of hydrogen-bond acceptors (Lipinski definition) is 4. The van der Waals surface area contributed by atoms with E-state index in [2.05, 4.69) is 32.9 Å². The molecule has 0 unspecified atom stereocenters. The molecule has 0 saturated heterocycles. The lowest BCUT2D eigenvalue weighted by atomic mass is 10.1. The molecule has 0 N–H and O–H groups in total. The number of carbonyl (C=O) groups is 1. The zero-order valence-electron chi connectivity index (χ0n) is 13.9. The summed E-state index contributed by atoms with van der Waals surface area (Å²) in [4.78, 5) is 21.8. The molecule has 1 aromatic rings. The van der Waals surface area contributed by atoms with Gasteiger partial charge in [-0.25, -0.2) is 0 Å². The molecule has 0 aliphatic carbocycles. The molecule has 0 saturated carbocycles. The minimum absolute atomic E-state index is 0.0280. The predicted octanol–water partition coefficient (Wildman–Crippen LogP) is 4.97. The van der Waals surface area contributed by atoms with Gasteiger partial charge in [-0.15, -0.1) is 0 Å². The smallest absolute Gasteiger partial charge is 0.311 e. The Morgan fingerprint density at radius 3 is 2.26 bits per heavy atom. The van der Waals surface area contributed by atoms with Gasteiger partial charge in [0.1, 0.15) is 5.75 Å². The number of ether oxygens (including phenoxy) is 1. The Hall–Kier alpha value is -2.43. The number of carbonyl (C=O) groups excluding carboxylic acids is 1. The number of nitro groups is 1. The Kier molecular flexibility index (Phi) is 7.74. The Morgan fingerprint density at radius 2 is 1.70 bits per heavy atom. The second-order valence-corrected chi connectivity index (χ2v) is 5.63. The van der Waals surface area contributed by atoms with E-state index in [1.54, 1.807) is 0 Å².